The average Bonchev–Trinajstić information content (AvgIpc) is 3.06. The number of anilines is 2. The van der Waals surface area contributed by atoms with Gasteiger partial charge < -0.3 is 9.80 Å². The van der Waals surface area contributed by atoms with Crippen LogP contribution >= 0.6 is 0 Å². The molecule has 0 saturated heterocycles. The first-order valence-corrected chi connectivity index (χ1v) is 9.77. The number of halogens is 2. The number of hydrogen-bond acceptors (Lipinski definition) is 4. The minimum absolute atomic E-state index is 0.0390. The molecule has 0 saturated carbocycles. The van der Waals surface area contributed by atoms with Crippen LogP contribution in [0.3, 0.4) is 0 Å². The highest BCUT2D eigenvalue weighted by Crippen LogP contribution is 2.39. The van der Waals surface area contributed by atoms with Gasteiger partial charge in [-0.05, 0) is 38.3 Å². The van der Waals surface area contributed by atoms with E-state index >= 15 is 0 Å². The second-order valence-corrected chi connectivity index (χ2v) is 7.77. The van der Waals surface area contributed by atoms with Crippen molar-refractivity contribution in [3.05, 3.63) is 34.8 Å². The van der Waals surface area contributed by atoms with Gasteiger partial charge >= 0.3 is 0 Å². The lowest BCUT2D eigenvalue weighted by molar-refractivity contribution is -0.129. The van der Waals surface area contributed by atoms with Crippen LogP contribution in [0.1, 0.15) is 62.2 Å². The van der Waals surface area contributed by atoms with Gasteiger partial charge in [0.1, 0.15) is 5.69 Å². The molecule has 2 aromatic rings. The van der Waals surface area contributed by atoms with Crippen molar-refractivity contribution in [1.82, 2.24) is 19.7 Å². The fraction of sp³-hybridized carbons (Fsp3) is 0.550. The second-order valence-electron chi connectivity index (χ2n) is 7.77. The van der Waals surface area contributed by atoms with E-state index in [0.717, 1.165) is 47.6 Å². The summed E-state index contributed by atoms with van der Waals surface area (Å²) >= 11 is 0. The Labute approximate surface area is 163 Å². The number of fused-ring (bicyclic) bond motifs is 2. The first-order chi connectivity index (χ1) is 13.4. The summed E-state index contributed by atoms with van der Waals surface area (Å²) in [5.41, 5.74) is 3.67. The summed E-state index contributed by atoms with van der Waals surface area (Å²) in [6, 6.07) is 1.68. The Kier molecular flexibility index (Phi) is 4.81. The lowest BCUT2D eigenvalue weighted by Crippen LogP contribution is -2.35. The van der Waals surface area contributed by atoms with E-state index in [-0.39, 0.29) is 17.6 Å². The van der Waals surface area contributed by atoms with Crippen molar-refractivity contribution in [2.24, 2.45) is 0 Å². The van der Waals surface area contributed by atoms with Crippen molar-refractivity contribution in [3.63, 3.8) is 0 Å². The monoisotopic (exact) mass is 389 g/mol. The number of alkyl halides is 2. The van der Waals surface area contributed by atoms with E-state index < -0.39 is 6.43 Å². The standard InChI is InChI=1S/C20H25F2N5O/c1-12(2)27-17-6-8-25(13(3)28)11-15(17)20(24-27)26-7-4-5-14-10-23-16(19(21)22)9-18(14)26/h9-10,12,19H,4-8,11H2,1-3H3. The Balaban J connectivity index is 1.83. The number of aryl methyl sites for hydroxylation is 1. The van der Waals surface area contributed by atoms with Crippen LogP contribution in [0.25, 0.3) is 0 Å². The van der Waals surface area contributed by atoms with Crippen molar-refractivity contribution < 1.29 is 13.6 Å². The normalized spacial score (nSPS) is 16.5. The largest absolute Gasteiger partial charge is 0.338 e. The lowest BCUT2D eigenvalue weighted by atomic mass is 10.0. The molecule has 0 aromatic carbocycles. The summed E-state index contributed by atoms with van der Waals surface area (Å²) in [6.07, 6.45) is 1.43. The van der Waals surface area contributed by atoms with Gasteiger partial charge in [-0.3, -0.25) is 14.5 Å². The summed E-state index contributed by atoms with van der Waals surface area (Å²) in [5, 5.41) is 4.88. The summed E-state index contributed by atoms with van der Waals surface area (Å²) in [7, 11) is 0. The average molecular weight is 389 g/mol. The molecule has 0 radical (unpaired) electrons. The molecule has 0 fully saturated rings. The third-order valence-corrected chi connectivity index (χ3v) is 5.58. The highest BCUT2D eigenvalue weighted by molar-refractivity contribution is 5.75. The molecule has 0 spiro atoms. The van der Waals surface area contributed by atoms with E-state index in [2.05, 4.69) is 18.8 Å². The van der Waals surface area contributed by atoms with E-state index in [9.17, 15) is 13.6 Å². The van der Waals surface area contributed by atoms with Crippen LogP contribution in [0.15, 0.2) is 12.3 Å². The number of rotatable bonds is 3. The summed E-state index contributed by atoms with van der Waals surface area (Å²) in [4.78, 5) is 19.7. The molecule has 4 heterocycles. The Morgan fingerprint density at radius 3 is 2.68 bits per heavy atom. The number of pyridine rings is 1. The zero-order chi connectivity index (χ0) is 20.0. The van der Waals surface area contributed by atoms with Gasteiger partial charge in [-0.1, -0.05) is 0 Å². The maximum Gasteiger partial charge on any atom is 0.280 e. The highest BCUT2D eigenvalue weighted by atomic mass is 19.3. The molecule has 0 bridgehead atoms. The van der Waals surface area contributed by atoms with Gasteiger partial charge in [0.25, 0.3) is 6.43 Å². The van der Waals surface area contributed by atoms with Crippen molar-refractivity contribution in [2.75, 3.05) is 18.0 Å². The van der Waals surface area contributed by atoms with Crippen molar-refractivity contribution >= 4 is 17.4 Å². The van der Waals surface area contributed by atoms with Crippen LogP contribution < -0.4 is 4.90 Å². The number of carbonyl (C=O) groups excluding carboxylic acids is 1. The summed E-state index contributed by atoms with van der Waals surface area (Å²) in [6.45, 7) is 7.63. The maximum absolute atomic E-state index is 13.2. The van der Waals surface area contributed by atoms with Gasteiger partial charge in [-0.15, -0.1) is 0 Å². The van der Waals surface area contributed by atoms with Crippen LogP contribution in [0.2, 0.25) is 0 Å². The fourth-order valence-electron chi connectivity index (χ4n) is 4.16. The predicted molar refractivity (Wildman–Crippen MR) is 102 cm³/mol. The van der Waals surface area contributed by atoms with Gasteiger partial charge in [0.2, 0.25) is 5.91 Å². The molecule has 150 valence electrons. The van der Waals surface area contributed by atoms with Crippen molar-refractivity contribution in [3.8, 4) is 0 Å². The molecule has 4 rings (SSSR count). The summed E-state index contributed by atoms with van der Waals surface area (Å²) < 4.78 is 28.5. The minimum Gasteiger partial charge on any atom is -0.338 e. The zero-order valence-electron chi connectivity index (χ0n) is 16.5. The second kappa shape index (κ2) is 7.14. The SMILES string of the molecule is CC(=O)N1CCc2c(c(N3CCCc4cnc(C(F)F)cc43)nn2C(C)C)C1. The topological polar surface area (TPSA) is 54.3 Å². The number of aromatic nitrogens is 3. The number of amides is 1. The van der Waals surface area contributed by atoms with Crippen molar-refractivity contribution in [1.29, 1.82) is 0 Å². The molecular weight excluding hydrogens is 364 g/mol. The third kappa shape index (κ3) is 3.14. The molecule has 1 amide bonds. The van der Waals surface area contributed by atoms with E-state index in [4.69, 9.17) is 5.10 Å². The first-order valence-electron chi connectivity index (χ1n) is 9.77. The third-order valence-electron chi connectivity index (χ3n) is 5.58. The molecule has 0 atom stereocenters. The quantitative estimate of drug-likeness (QED) is 0.802. The van der Waals surface area contributed by atoms with Gasteiger partial charge in [0, 0.05) is 55.6 Å². The Hall–Kier alpha value is -2.51. The smallest absolute Gasteiger partial charge is 0.280 e. The van der Waals surface area contributed by atoms with Gasteiger partial charge in [0.05, 0.1) is 6.54 Å². The molecule has 28 heavy (non-hydrogen) atoms. The molecule has 6 nitrogen and oxygen atoms in total. The Morgan fingerprint density at radius 1 is 1.21 bits per heavy atom. The molecule has 2 aliphatic rings. The molecular formula is C20H25F2N5O. The molecule has 0 aliphatic carbocycles. The summed E-state index contributed by atoms with van der Waals surface area (Å²) in [5.74, 6) is 0.819. The Bertz CT molecular complexity index is 908. The van der Waals surface area contributed by atoms with E-state index in [1.54, 1.807) is 13.1 Å². The Morgan fingerprint density at radius 2 is 2.00 bits per heavy atom. The van der Waals surface area contributed by atoms with Crippen LogP contribution in [0.4, 0.5) is 20.3 Å². The zero-order valence-corrected chi connectivity index (χ0v) is 16.5. The van der Waals surface area contributed by atoms with Gasteiger partial charge in [-0.2, -0.15) is 5.10 Å². The van der Waals surface area contributed by atoms with E-state index in [0.29, 0.717) is 19.6 Å². The number of nitrogens with zero attached hydrogens (tertiary/aromatic N) is 5. The molecule has 0 N–H and O–H groups in total. The van der Waals surface area contributed by atoms with Crippen molar-refractivity contribution in [2.45, 2.75) is 59.0 Å². The lowest BCUT2D eigenvalue weighted by Gasteiger charge is -2.32. The van der Waals surface area contributed by atoms with E-state index in [1.165, 1.54) is 6.07 Å². The molecule has 2 aromatic heterocycles. The molecule has 2 aliphatic heterocycles. The molecule has 0 unspecified atom stereocenters. The van der Waals surface area contributed by atoms with E-state index in [1.807, 2.05) is 14.5 Å². The minimum atomic E-state index is -2.61. The van der Waals surface area contributed by atoms with Crippen LogP contribution in [0, 0.1) is 0 Å². The number of hydrogen-bond donors (Lipinski definition) is 0. The van der Waals surface area contributed by atoms with Crippen LogP contribution in [0.5, 0.6) is 0 Å². The fourth-order valence-corrected chi connectivity index (χ4v) is 4.16. The number of carbonyl (C=O) groups is 1. The highest BCUT2D eigenvalue weighted by Gasteiger charge is 2.32. The first kappa shape index (κ1) is 18.8. The van der Waals surface area contributed by atoms with Gasteiger partial charge in [-0.25, -0.2) is 8.78 Å². The molecule has 8 heteroatoms. The van der Waals surface area contributed by atoms with Crippen LogP contribution in [-0.4, -0.2) is 38.7 Å². The maximum atomic E-state index is 13.2. The van der Waals surface area contributed by atoms with Crippen LogP contribution in [-0.2, 0) is 24.2 Å². The predicted octanol–water partition coefficient (Wildman–Crippen LogP) is 3.79. The van der Waals surface area contributed by atoms with Gasteiger partial charge in [0.15, 0.2) is 5.82 Å².